The summed E-state index contributed by atoms with van der Waals surface area (Å²) in [6, 6.07) is 11.5. The van der Waals surface area contributed by atoms with Gasteiger partial charge in [-0.2, -0.15) is 0 Å². The summed E-state index contributed by atoms with van der Waals surface area (Å²) in [5, 5.41) is 1.73. The van der Waals surface area contributed by atoms with E-state index >= 15 is 0 Å². The maximum absolute atomic E-state index is 12.3. The van der Waals surface area contributed by atoms with Crippen LogP contribution in [0, 0.1) is 0 Å². The molecular weight excluding hydrogens is 344 g/mol. The first-order valence-electron chi connectivity index (χ1n) is 7.94. The second-order valence-electron chi connectivity index (χ2n) is 5.77. The Kier molecular flexibility index (Phi) is 5.33. The van der Waals surface area contributed by atoms with Crippen LogP contribution in [0.5, 0.6) is 0 Å². The molecule has 1 N–H and O–H groups in total. The van der Waals surface area contributed by atoms with Crippen LogP contribution in [0.15, 0.2) is 46.0 Å². The van der Waals surface area contributed by atoms with E-state index in [1.807, 2.05) is 17.0 Å². The monoisotopic (exact) mass is 364 g/mol. The van der Waals surface area contributed by atoms with E-state index in [1.165, 1.54) is 22.5 Å². The van der Waals surface area contributed by atoms with Crippen LogP contribution in [-0.2, 0) is 27.8 Å². The number of nitrogens with zero attached hydrogens (tertiary/aromatic N) is 1. The van der Waals surface area contributed by atoms with Crippen molar-refractivity contribution < 1.29 is 13.2 Å². The first-order valence-corrected chi connectivity index (χ1v) is 10.3. The van der Waals surface area contributed by atoms with Crippen molar-refractivity contribution in [1.82, 2.24) is 9.62 Å². The van der Waals surface area contributed by atoms with Crippen LogP contribution >= 0.6 is 11.3 Å². The molecule has 2 heterocycles. The SMILES string of the molecule is O=C(CCCNS(=O)(=O)c1cccs1)N1CCc2ccccc2C1. The van der Waals surface area contributed by atoms with Gasteiger partial charge in [-0.3, -0.25) is 4.79 Å². The Hall–Kier alpha value is -1.70. The minimum atomic E-state index is -3.44. The summed E-state index contributed by atoms with van der Waals surface area (Å²) in [4.78, 5) is 14.2. The zero-order chi connectivity index (χ0) is 17.0. The van der Waals surface area contributed by atoms with Gasteiger partial charge in [-0.25, -0.2) is 13.1 Å². The molecule has 0 aliphatic carbocycles. The number of sulfonamides is 1. The molecule has 0 saturated carbocycles. The second-order valence-corrected chi connectivity index (χ2v) is 8.71. The number of carbonyl (C=O) groups is 1. The normalized spacial score (nSPS) is 14.4. The molecule has 2 aromatic rings. The zero-order valence-corrected chi connectivity index (χ0v) is 14.9. The van der Waals surface area contributed by atoms with E-state index in [0.29, 0.717) is 23.6 Å². The fourth-order valence-electron chi connectivity index (χ4n) is 2.80. The lowest BCUT2D eigenvalue weighted by Crippen LogP contribution is -2.36. The van der Waals surface area contributed by atoms with Crippen molar-refractivity contribution in [2.45, 2.75) is 30.0 Å². The molecule has 1 aromatic heterocycles. The van der Waals surface area contributed by atoms with Gasteiger partial charge in [0, 0.05) is 26.1 Å². The van der Waals surface area contributed by atoms with Crippen LogP contribution in [-0.4, -0.2) is 32.3 Å². The van der Waals surface area contributed by atoms with Gasteiger partial charge in [0.1, 0.15) is 4.21 Å². The highest BCUT2D eigenvalue weighted by molar-refractivity contribution is 7.91. The van der Waals surface area contributed by atoms with Crippen molar-refractivity contribution in [3.8, 4) is 0 Å². The molecule has 3 rings (SSSR count). The maximum atomic E-state index is 12.3. The molecule has 1 aromatic carbocycles. The van der Waals surface area contributed by atoms with Gasteiger partial charge in [0.05, 0.1) is 0 Å². The molecule has 0 radical (unpaired) electrons. The number of benzene rings is 1. The number of carbonyl (C=O) groups excluding carboxylic acids is 1. The lowest BCUT2D eigenvalue weighted by atomic mass is 9.99. The van der Waals surface area contributed by atoms with Crippen LogP contribution in [0.25, 0.3) is 0 Å². The molecule has 5 nitrogen and oxygen atoms in total. The van der Waals surface area contributed by atoms with Crippen LogP contribution in [0.1, 0.15) is 24.0 Å². The van der Waals surface area contributed by atoms with Gasteiger partial charge in [0.25, 0.3) is 0 Å². The summed E-state index contributed by atoms with van der Waals surface area (Å²) in [5.41, 5.74) is 2.51. The highest BCUT2D eigenvalue weighted by atomic mass is 32.2. The van der Waals surface area contributed by atoms with Crippen LogP contribution in [0.2, 0.25) is 0 Å². The third kappa shape index (κ3) is 4.03. The molecule has 128 valence electrons. The van der Waals surface area contributed by atoms with Gasteiger partial charge in [-0.15, -0.1) is 11.3 Å². The second kappa shape index (κ2) is 7.46. The molecule has 0 fully saturated rings. The standard InChI is InChI=1S/C17H20N2O3S2/c20-16(19-11-9-14-5-1-2-6-15(14)13-19)7-3-10-18-24(21,22)17-8-4-12-23-17/h1-2,4-6,8,12,18H,3,7,9-11,13H2. The van der Waals surface area contributed by atoms with Crippen LogP contribution in [0.3, 0.4) is 0 Å². The lowest BCUT2D eigenvalue weighted by Gasteiger charge is -2.29. The molecule has 0 spiro atoms. The van der Waals surface area contributed by atoms with Crippen molar-refractivity contribution in [1.29, 1.82) is 0 Å². The van der Waals surface area contributed by atoms with Crippen molar-refractivity contribution in [2.24, 2.45) is 0 Å². The van der Waals surface area contributed by atoms with Crippen molar-refractivity contribution in [3.05, 3.63) is 52.9 Å². The van der Waals surface area contributed by atoms with Gasteiger partial charge >= 0.3 is 0 Å². The van der Waals surface area contributed by atoms with Crippen molar-refractivity contribution in [3.63, 3.8) is 0 Å². The Morgan fingerprint density at radius 2 is 1.96 bits per heavy atom. The Balaban J connectivity index is 1.45. The average molecular weight is 364 g/mol. The Morgan fingerprint density at radius 3 is 2.71 bits per heavy atom. The first-order chi connectivity index (χ1) is 11.6. The van der Waals surface area contributed by atoms with Gasteiger partial charge in [-0.1, -0.05) is 30.3 Å². The van der Waals surface area contributed by atoms with Gasteiger partial charge in [0.15, 0.2) is 0 Å². The number of thiophene rings is 1. The average Bonchev–Trinajstić information content (AvgIpc) is 3.13. The molecular formula is C17H20N2O3S2. The maximum Gasteiger partial charge on any atom is 0.250 e. The predicted octanol–water partition coefficient (Wildman–Crippen LogP) is 2.39. The topological polar surface area (TPSA) is 66.5 Å². The summed E-state index contributed by atoms with van der Waals surface area (Å²) in [5.74, 6) is 0.0832. The predicted molar refractivity (Wildman–Crippen MR) is 94.3 cm³/mol. The fraction of sp³-hybridized carbons (Fsp3) is 0.353. The smallest absolute Gasteiger partial charge is 0.250 e. The van der Waals surface area contributed by atoms with Crippen molar-refractivity contribution in [2.75, 3.05) is 13.1 Å². The molecule has 1 aliphatic heterocycles. The van der Waals surface area contributed by atoms with E-state index in [4.69, 9.17) is 0 Å². The first kappa shape index (κ1) is 17.1. The Morgan fingerprint density at radius 1 is 1.17 bits per heavy atom. The highest BCUT2D eigenvalue weighted by Gasteiger charge is 2.20. The zero-order valence-electron chi connectivity index (χ0n) is 13.3. The fourth-order valence-corrected chi connectivity index (χ4v) is 4.91. The van der Waals surface area contributed by atoms with E-state index in [0.717, 1.165) is 13.0 Å². The molecule has 0 saturated heterocycles. The molecule has 7 heteroatoms. The number of nitrogens with one attached hydrogen (secondary N) is 1. The van der Waals surface area contributed by atoms with E-state index in [2.05, 4.69) is 16.9 Å². The summed E-state index contributed by atoms with van der Waals surface area (Å²) >= 11 is 1.18. The number of hydrogen-bond acceptors (Lipinski definition) is 4. The molecule has 24 heavy (non-hydrogen) atoms. The van der Waals surface area contributed by atoms with E-state index in [-0.39, 0.29) is 12.5 Å². The molecule has 1 aliphatic rings. The lowest BCUT2D eigenvalue weighted by molar-refractivity contribution is -0.132. The Bertz CT molecular complexity index is 801. The molecule has 0 unspecified atom stereocenters. The van der Waals surface area contributed by atoms with E-state index < -0.39 is 10.0 Å². The van der Waals surface area contributed by atoms with E-state index in [9.17, 15) is 13.2 Å². The van der Waals surface area contributed by atoms with Crippen LogP contribution < -0.4 is 4.72 Å². The van der Waals surface area contributed by atoms with Crippen LogP contribution in [0.4, 0.5) is 0 Å². The number of rotatable bonds is 6. The summed E-state index contributed by atoms with van der Waals surface area (Å²) in [6.07, 6.45) is 1.74. The molecule has 0 atom stereocenters. The van der Waals surface area contributed by atoms with Crippen molar-refractivity contribution >= 4 is 27.3 Å². The summed E-state index contributed by atoms with van der Waals surface area (Å²) in [6.45, 7) is 1.66. The summed E-state index contributed by atoms with van der Waals surface area (Å²) in [7, 11) is -3.44. The number of hydrogen-bond donors (Lipinski definition) is 1. The Labute approximate surface area is 146 Å². The minimum Gasteiger partial charge on any atom is -0.338 e. The third-order valence-electron chi connectivity index (χ3n) is 4.10. The van der Waals surface area contributed by atoms with Gasteiger partial charge < -0.3 is 4.90 Å². The summed E-state index contributed by atoms with van der Waals surface area (Å²) < 4.78 is 26.8. The molecule has 1 amide bonds. The molecule has 0 bridgehead atoms. The van der Waals surface area contributed by atoms with Gasteiger partial charge in [0.2, 0.25) is 15.9 Å². The highest BCUT2D eigenvalue weighted by Crippen LogP contribution is 2.19. The largest absolute Gasteiger partial charge is 0.338 e. The van der Waals surface area contributed by atoms with Gasteiger partial charge in [-0.05, 0) is 35.4 Å². The minimum absolute atomic E-state index is 0.0832. The number of amides is 1. The quantitative estimate of drug-likeness (QED) is 0.801. The third-order valence-corrected chi connectivity index (χ3v) is 6.96. The number of fused-ring (bicyclic) bond motifs is 1. The van der Waals surface area contributed by atoms with E-state index in [1.54, 1.807) is 17.5 Å².